The first kappa shape index (κ1) is 17.9. The highest BCUT2D eigenvalue weighted by atomic mass is 16.2. The molecule has 128 valence electrons. The number of hydrogen-bond acceptors (Lipinski definition) is 4. The molecule has 1 N–H and O–H groups in total. The van der Waals surface area contributed by atoms with E-state index in [1.807, 2.05) is 38.1 Å². The van der Waals surface area contributed by atoms with Gasteiger partial charge in [0, 0.05) is 25.0 Å². The highest BCUT2D eigenvalue weighted by Gasteiger charge is 2.18. The quantitative estimate of drug-likeness (QED) is 0.838. The van der Waals surface area contributed by atoms with Gasteiger partial charge in [-0.25, -0.2) is 9.97 Å². The second-order valence-electron chi connectivity index (χ2n) is 6.26. The Morgan fingerprint density at radius 2 is 2.08 bits per heavy atom. The largest absolute Gasteiger partial charge is 0.354 e. The second-order valence-corrected chi connectivity index (χ2v) is 6.26. The lowest BCUT2D eigenvalue weighted by molar-refractivity contribution is 0.0983. The van der Waals surface area contributed by atoms with Crippen LogP contribution in [-0.2, 0) is 0 Å². The number of aryl methyl sites for hydroxylation is 1. The molecule has 0 fully saturated rings. The molecule has 0 aliphatic carbocycles. The van der Waals surface area contributed by atoms with Crippen molar-refractivity contribution in [1.29, 1.82) is 0 Å². The van der Waals surface area contributed by atoms with Crippen molar-refractivity contribution < 1.29 is 4.79 Å². The highest BCUT2D eigenvalue weighted by molar-refractivity contribution is 6.04. The van der Waals surface area contributed by atoms with Gasteiger partial charge in [0.05, 0.1) is 0 Å². The standard InChI is InChI=1S/C19H26N4O/c1-5-23(16-8-6-7-15(4)13-16)18(24)17-10-12-21-19(22-17)20-11-9-14(2)3/h6-8,10,12-14H,5,9,11H2,1-4H3,(H,20,21,22). The van der Waals surface area contributed by atoms with Crippen molar-refractivity contribution in [2.24, 2.45) is 5.92 Å². The minimum absolute atomic E-state index is 0.114. The summed E-state index contributed by atoms with van der Waals surface area (Å²) in [6.07, 6.45) is 2.66. The first-order valence-electron chi connectivity index (χ1n) is 8.46. The van der Waals surface area contributed by atoms with Crippen LogP contribution in [0.1, 0.15) is 43.2 Å². The minimum atomic E-state index is -0.114. The van der Waals surface area contributed by atoms with Gasteiger partial charge in [-0.1, -0.05) is 26.0 Å². The van der Waals surface area contributed by atoms with E-state index in [-0.39, 0.29) is 5.91 Å². The van der Waals surface area contributed by atoms with Gasteiger partial charge >= 0.3 is 0 Å². The van der Waals surface area contributed by atoms with Gasteiger partial charge in [-0.3, -0.25) is 4.79 Å². The van der Waals surface area contributed by atoms with Gasteiger partial charge < -0.3 is 10.2 Å². The number of benzene rings is 1. The average molecular weight is 326 g/mol. The average Bonchev–Trinajstić information content (AvgIpc) is 2.55. The molecule has 5 heteroatoms. The monoisotopic (exact) mass is 326 g/mol. The summed E-state index contributed by atoms with van der Waals surface area (Å²) >= 11 is 0. The summed E-state index contributed by atoms with van der Waals surface area (Å²) in [5, 5.41) is 3.18. The second kappa shape index (κ2) is 8.43. The molecule has 24 heavy (non-hydrogen) atoms. The highest BCUT2D eigenvalue weighted by Crippen LogP contribution is 2.18. The predicted octanol–water partition coefficient (Wildman–Crippen LogP) is 3.91. The maximum Gasteiger partial charge on any atom is 0.277 e. The SMILES string of the molecule is CCN(C(=O)c1ccnc(NCCC(C)C)n1)c1cccc(C)c1. The van der Waals surface area contributed by atoms with Gasteiger partial charge in [0.2, 0.25) is 5.95 Å². The molecule has 0 saturated carbocycles. The maximum atomic E-state index is 12.8. The Balaban J connectivity index is 2.15. The van der Waals surface area contributed by atoms with Crippen molar-refractivity contribution in [1.82, 2.24) is 9.97 Å². The molecule has 0 aliphatic heterocycles. The van der Waals surface area contributed by atoms with Crippen molar-refractivity contribution in [3.05, 3.63) is 47.8 Å². The molecule has 0 radical (unpaired) electrons. The summed E-state index contributed by atoms with van der Waals surface area (Å²) in [6, 6.07) is 9.58. The number of nitrogens with one attached hydrogen (secondary N) is 1. The number of carbonyl (C=O) groups excluding carboxylic acids is 1. The zero-order chi connectivity index (χ0) is 17.5. The molecule has 0 saturated heterocycles. The van der Waals surface area contributed by atoms with Gasteiger partial charge in [-0.2, -0.15) is 0 Å². The van der Waals surface area contributed by atoms with Crippen molar-refractivity contribution >= 4 is 17.5 Å². The number of amides is 1. The van der Waals surface area contributed by atoms with Crippen LogP contribution in [0.5, 0.6) is 0 Å². The van der Waals surface area contributed by atoms with Crippen LogP contribution in [0.25, 0.3) is 0 Å². The van der Waals surface area contributed by atoms with E-state index in [4.69, 9.17) is 0 Å². The zero-order valence-corrected chi connectivity index (χ0v) is 14.9. The Kier molecular flexibility index (Phi) is 6.29. The summed E-state index contributed by atoms with van der Waals surface area (Å²) < 4.78 is 0. The van der Waals surface area contributed by atoms with Crippen molar-refractivity contribution in [2.45, 2.75) is 34.1 Å². The Morgan fingerprint density at radius 1 is 1.29 bits per heavy atom. The lowest BCUT2D eigenvalue weighted by Gasteiger charge is -2.21. The number of carbonyl (C=O) groups is 1. The summed E-state index contributed by atoms with van der Waals surface area (Å²) in [5.41, 5.74) is 2.41. The van der Waals surface area contributed by atoms with Crippen LogP contribution in [0, 0.1) is 12.8 Å². The van der Waals surface area contributed by atoms with E-state index in [9.17, 15) is 4.79 Å². The number of rotatable bonds is 7. The van der Waals surface area contributed by atoms with Crippen LogP contribution in [0.15, 0.2) is 36.5 Å². The lowest BCUT2D eigenvalue weighted by Crippen LogP contribution is -2.31. The molecule has 1 aromatic heterocycles. The third kappa shape index (κ3) is 4.78. The van der Waals surface area contributed by atoms with Crippen molar-refractivity contribution in [3.8, 4) is 0 Å². The predicted molar refractivity (Wildman–Crippen MR) is 98.5 cm³/mol. The molecule has 0 unspecified atom stereocenters. The van der Waals surface area contributed by atoms with Crippen LogP contribution in [0.4, 0.5) is 11.6 Å². The third-order valence-corrected chi connectivity index (χ3v) is 3.75. The summed E-state index contributed by atoms with van der Waals surface area (Å²) in [6.45, 7) is 9.70. The lowest BCUT2D eigenvalue weighted by atomic mass is 10.1. The summed E-state index contributed by atoms with van der Waals surface area (Å²) in [5.74, 6) is 0.999. The maximum absolute atomic E-state index is 12.8. The molecule has 5 nitrogen and oxygen atoms in total. The number of aromatic nitrogens is 2. The third-order valence-electron chi connectivity index (χ3n) is 3.75. The molecule has 0 bridgehead atoms. The number of anilines is 2. The molecule has 1 aromatic carbocycles. The topological polar surface area (TPSA) is 58.1 Å². The van der Waals surface area contributed by atoms with E-state index in [1.165, 1.54) is 0 Å². The fourth-order valence-electron chi connectivity index (χ4n) is 2.41. The molecule has 0 atom stereocenters. The van der Waals surface area contributed by atoms with E-state index in [0.29, 0.717) is 24.1 Å². The van der Waals surface area contributed by atoms with E-state index in [2.05, 4.69) is 29.1 Å². The van der Waals surface area contributed by atoms with E-state index < -0.39 is 0 Å². The molecule has 1 amide bonds. The molecule has 0 aliphatic rings. The van der Waals surface area contributed by atoms with Gasteiger partial charge in [0.15, 0.2) is 0 Å². The van der Waals surface area contributed by atoms with E-state index >= 15 is 0 Å². The fourth-order valence-corrected chi connectivity index (χ4v) is 2.41. The number of hydrogen-bond donors (Lipinski definition) is 1. The Bertz CT molecular complexity index is 685. The van der Waals surface area contributed by atoms with Crippen LogP contribution in [-0.4, -0.2) is 29.0 Å². The normalized spacial score (nSPS) is 10.7. The first-order valence-corrected chi connectivity index (χ1v) is 8.46. The van der Waals surface area contributed by atoms with Crippen molar-refractivity contribution in [3.63, 3.8) is 0 Å². The summed E-state index contributed by atoms with van der Waals surface area (Å²) in [7, 11) is 0. The van der Waals surface area contributed by atoms with Gasteiger partial charge in [0.25, 0.3) is 5.91 Å². The molecule has 0 spiro atoms. The first-order chi connectivity index (χ1) is 11.5. The van der Waals surface area contributed by atoms with Gasteiger partial charge in [-0.05, 0) is 49.9 Å². The molecular formula is C19H26N4O. The van der Waals surface area contributed by atoms with Crippen LogP contribution >= 0.6 is 0 Å². The van der Waals surface area contributed by atoms with Crippen LogP contribution in [0.3, 0.4) is 0 Å². The molecular weight excluding hydrogens is 300 g/mol. The molecule has 2 aromatic rings. The smallest absolute Gasteiger partial charge is 0.277 e. The fraction of sp³-hybridized carbons (Fsp3) is 0.421. The van der Waals surface area contributed by atoms with Gasteiger partial charge in [0.1, 0.15) is 5.69 Å². The summed E-state index contributed by atoms with van der Waals surface area (Å²) in [4.78, 5) is 23.1. The zero-order valence-electron chi connectivity index (χ0n) is 14.9. The molecule has 1 heterocycles. The molecule has 2 rings (SSSR count). The van der Waals surface area contributed by atoms with Gasteiger partial charge in [-0.15, -0.1) is 0 Å². The van der Waals surface area contributed by atoms with Crippen LogP contribution in [0.2, 0.25) is 0 Å². The van der Waals surface area contributed by atoms with Crippen LogP contribution < -0.4 is 10.2 Å². The number of nitrogens with zero attached hydrogens (tertiary/aromatic N) is 3. The van der Waals surface area contributed by atoms with E-state index in [1.54, 1.807) is 17.2 Å². The van der Waals surface area contributed by atoms with E-state index in [0.717, 1.165) is 24.2 Å². The Labute approximate surface area is 144 Å². The minimum Gasteiger partial charge on any atom is -0.354 e. The Hall–Kier alpha value is -2.43. The van der Waals surface area contributed by atoms with Crippen molar-refractivity contribution in [2.75, 3.05) is 23.3 Å². The Morgan fingerprint density at radius 3 is 2.75 bits per heavy atom.